The molecule has 4 nitrogen and oxygen atoms in total. The predicted molar refractivity (Wildman–Crippen MR) is 110 cm³/mol. The average Bonchev–Trinajstić information content (AvgIpc) is 2.75. The monoisotopic (exact) mass is 357 g/mol. The summed E-state index contributed by atoms with van der Waals surface area (Å²) in [5, 5.41) is 0. The summed E-state index contributed by atoms with van der Waals surface area (Å²) in [5.41, 5.74) is 3.55. The number of aliphatic imine (C=N–C) groups is 1. The third kappa shape index (κ3) is 4.01. The highest BCUT2D eigenvalue weighted by atomic mass is 16.5. The van der Waals surface area contributed by atoms with E-state index in [1.165, 1.54) is 5.56 Å². The van der Waals surface area contributed by atoms with Crippen molar-refractivity contribution in [3.63, 3.8) is 0 Å². The SMILES string of the molecule is COc1ccc(CN2CN=C(c3ccccc3)N(c3ccccc3)C2)cc1. The molecule has 1 aliphatic heterocycles. The van der Waals surface area contributed by atoms with Crippen LogP contribution in [-0.2, 0) is 6.54 Å². The van der Waals surface area contributed by atoms with E-state index in [-0.39, 0.29) is 0 Å². The Bertz CT molecular complexity index is 892. The maximum atomic E-state index is 5.25. The Labute approximate surface area is 160 Å². The normalized spacial score (nSPS) is 14.7. The number of rotatable bonds is 5. The van der Waals surface area contributed by atoms with Crippen molar-refractivity contribution in [3.05, 3.63) is 96.1 Å². The largest absolute Gasteiger partial charge is 0.497 e. The Morgan fingerprint density at radius 1 is 0.852 bits per heavy atom. The average molecular weight is 357 g/mol. The van der Waals surface area contributed by atoms with E-state index in [1.807, 2.05) is 24.3 Å². The molecule has 0 amide bonds. The van der Waals surface area contributed by atoms with Crippen molar-refractivity contribution >= 4 is 11.5 Å². The van der Waals surface area contributed by atoms with Gasteiger partial charge in [0.15, 0.2) is 0 Å². The van der Waals surface area contributed by atoms with E-state index in [4.69, 9.17) is 9.73 Å². The van der Waals surface area contributed by atoms with E-state index in [0.717, 1.165) is 36.0 Å². The standard InChI is InChI=1S/C23H23N3O/c1-27-22-14-12-19(13-15-22)16-25-17-24-23(20-8-4-2-5-9-20)26(18-25)21-10-6-3-7-11-21/h2-15H,16-18H2,1H3. The number of hydrogen-bond acceptors (Lipinski definition) is 4. The lowest BCUT2D eigenvalue weighted by molar-refractivity contribution is 0.273. The molecule has 136 valence electrons. The predicted octanol–water partition coefficient (Wildman–Crippen LogP) is 4.38. The van der Waals surface area contributed by atoms with Gasteiger partial charge in [-0.05, 0) is 29.8 Å². The number of benzene rings is 3. The van der Waals surface area contributed by atoms with Gasteiger partial charge in [0, 0.05) is 17.8 Å². The van der Waals surface area contributed by atoms with Gasteiger partial charge in [-0.3, -0.25) is 9.89 Å². The van der Waals surface area contributed by atoms with Crippen LogP contribution in [0.1, 0.15) is 11.1 Å². The molecule has 0 aromatic heterocycles. The van der Waals surface area contributed by atoms with Crippen LogP contribution in [0, 0.1) is 0 Å². The molecule has 0 fully saturated rings. The van der Waals surface area contributed by atoms with E-state index in [2.05, 4.69) is 70.5 Å². The third-order valence-electron chi connectivity index (χ3n) is 4.68. The lowest BCUT2D eigenvalue weighted by atomic mass is 10.1. The van der Waals surface area contributed by atoms with Gasteiger partial charge in [-0.15, -0.1) is 0 Å². The van der Waals surface area contributed by atoms with Crippen LogP contribution in [0.5, 0.6) is 5.75 Å². The van der Waals surface area contributed by atoms with Gasteiger partial charge in [0.2, 0.25) is 0 Å². The Hall–Kier alpha value is -3.11. The zero-order chi connectivity index (χ0) is 18.5. The van der Waals surface area contributed by atoms with Crippen molar-refractivity contribution in [2.45, 2.75) is 6.54 Å². The zero-order valence-electron chi connectivity index (χ0n) is 15.5. The molecule has 0 unspecified atom stereocenters. The molecule has 1 heterocycles. The summed E-state index contributed by atoms with van der Waals surface area (Å²) in [5.74, 6) is 1.90. The fourth-order valence-electron chi connectivity index (χ4n) is 3.30. The van der Waals surface area contributed by atoms with Gasteiger partial charge in [-0.25, -0.2) is 0 Å². The van der Waals surface area contributed by atoms with Crippen molar-refractivity contribution in [3.8, 4) is 5.75 Å². The van der Waals surface area contributed by atoms with Crippen LogP contribution < -0.4 is 9.64 Å². The fraction of sp³-hybridized carbons (Fsp3) is 0.174. The van der Waals surface area contributed by atoms with Gasteiger partial charge in [-0.2, -0.15) is 0 Å². The molecule has 3 aromatic carbocycles. The molecule has 1 aliphatic rings. The summed E-state index contributed by atoms with van der Waals surface area (Å²) in [6.45, 7) is 2.32. The van der Waals surface area contributed by atoms with Crippen molar-refractivity contribution in [2.24, 2.45) is 4.99 Å². The Kier molecular flexibility index (Phi) is 5.17. The van der Waals surface area contributed by atoms with Crippen molar-refractivity contribution in [2.75, 3.05) is 25.3 Å². The summed E-state index contributed by atoms with van der Waals surface area (Å²) in [7, 11) is 1.69. The van der Waals surface area contributed by atoms with Gasteiger partial charge < -0.3 is 9.64 Å². The zero-order valence-corrected chi connectivity index (χ0v) is 15.5. The molecule has 4 rings (SSSR count). The van der Waals surface area contributed by atoms with Gasteiger partial charge in [0.05, 0.1) is 20.4 Å². The first-order valence-corrected chi connectivity index (χ1v) is 9.11. The Balaban J connectivity index is 1.59. The van der Waals surface area contributed by atoms with Crippen LogP contribution in [0.3, 0.4) is 0 Å². The van der Waals surface area contributed by atoms with Gasteiger partial charge in [0.1, 0.15) is 11.6 Å². The molecule has 0 saturated heterocycles. The summed E-state index contributed by atoms with van der Waals surface area (Å²) in [6, 6.07) is 29.1. The molecular formula is C23H23N3O. The van der Waals surface area contributed by atoms with E-state index in [0.29, 0.717) is 6.67 Å². The second kappa shape index (κ2) is 8.06. The molecule has 0 aliphatic carbocycles. The summed E-state index contributed by atoms with van der Waals surface area (Å²) >= 11 is 0. The number of amidine groups is 1. The molecule has 0 radical (unpaired) electrons. The number of para-hydroxylation sites is 1. The summed E-state index contributed by atoms with van der Waals surface area (Å²) in [6.07, 6.45) is 0. The van der Waals surface area contributed by atoms with Gasteiger partial charge in [0.25, 0.3) is 0 Å². The third-order valence-corrected chi connectivity index (χ3v) is 4.68. The van der Waals surface area contributed by atoms with Crippen LogP contribution >= 0.6 is 0 Å². The van der Waals surface area contributed by atoms with Crippen molar-refractivity contribution in [1.29, 1.82) is 0 Å². The minimum Gasteiger partial charge on any atom is -0.497 e. The van der Waals surface area contributed by atoms with E-state index < -0.39 is 0 Å². The first-order chi connectivity index (χ1) is 13.3. The molecule has 27 heavy (non-hydrogen) atoms. The van der Waals surface area contributed by atoms with E-state index in [1.54, 1.807) is 7.11 Å². The maximum Gasteiger partial charge on any atom is 0.137 e. The van der Waals surface area contributed by atoms with E-state index >= 15 is 0 Å². The van der Waals surface area contributed by atoms with E-state index in [9.17, 15) is 0 Å². The first kappa shape index (κ1) is 17.3. The second-order valence-electron chi connectivity index (χ2n) is 6.57. The number of methoxy groups -OCH3 is 1. The molecule has 0 spiro atoms. The second-order valence-corrected chi connectivity index (χ2v) is 6.57. The topological polar surface area (TPSA) is 28.1 Å². The quantitative estimate of drug-likeness (QED) is 0.678. The number of ether oxygens (including phenoxy) is 1. The molecule has 0 bridgehead atoms. The highest BCUT2D eigenvalue weighted by Gasteiger charge is 2.23. The lowest BCUT2D eigenvalue weighted by Gasteiger charge is -2.36. The highest BCUT2D eigenvalue weighted by molar-refractivity contribution is 6.10. The first-order valence-electron chi connectivity index (χ1n) is 9.11. The molecule has 4 heteroatoms. The molecule has 0 N–H and O–H groups in total. The number of hydrogen-bond donors (Lipinski definition) is 0. The lowest BCUT2D eigenvalue weighted by Crippen LogP contribution is -2.46. The molecular weight excluding hydrogens is 334 g/mol. The smallest absolute Gasteiger partial charge is 0.137 e. The fourth-order valence-corrected chi connectivity index (χ4v) is 3.30. The minimum absolute atomic E-state index is 0.680. The Morgan fingerprint density at radius 2 is 1.52 bits per heavy atom. The van der Waals surface area contributed by atoms with Crippen LogP contribution in [0.15, 0.2) is 89.9 Å². The molecule has 0 atom stereocenters. The van der Waals surface area contributed by atoms with Crippen molar-refractivity contribution in [1.82, 2.24) is 4.90 Å². The highest BCUT2D eigenvalue weighted by Crippen LogP contribution is 2.22. The molecule has 3 aromatic rings. The van der Waals surface area contributed by atoms with Gasteiger partial charge in [-0.1, -0.05) is 60.7 Å². The van der Waals surface area contributed by atoms with Crippen LogP contribution in [0.25, 0.3) is 0 Å². The number of nitrogens with zero attached hydrogens (tertiary/aromatic N) is 3. The maximum absolute atomic E-state index is 5.25. The number of anilines is 1. The molecule has 0 saturated carbocycles. The van der Waals surface area contributed by atoms with Crippen molar-refractivity contribution < 1.29 is 4.74 Å². The Morgan fingerprint density at radius 3 is 2.19 bits per heavy atom. The van der Waals surface area contributed by atoms with Crippen LogP contribution in [0.2, 0.25) is 0 Å². The summed E-state index contributed by atoms with van der Waals surface area (Å²) < 4.78 is 5.25. The van der Waals surface area contributed by atoms with Crippen LogP contribution in [0.4, 0.5) is 5.69 Å². The van der Waals surface area contributed by atoms with Gasteiger partial charge >= 0.3 is 0 Å². The summed E-state index contributed by atoms with van der Waals surface area (Å²) in [4.78, 5) is 9.53. The van der Waals surface area contributed by atoms with Crippen LogP contribution in [-0.4, -0.2) is 31.2 Å². The minimum atomic E-state index is 0.680.